The van der Waals surface area contributed by atoms with Gasteiger partial charge in [-0.25, -0.2) is 0 Å². The minimum absolute atomic E-state index is 0.555. The number of likely N-dealkylation sites (tertiary alicyclic amines) is 2. The topological polar surface area (TPSA) is 42.9 Å². The summed E-state index contributed by atoms with van der Waals surface area (Å²) in [6, 6.07) is 2.15. The van der Waals surface area contributed by atoms with Gasteiger partial charge in [-0.2, -0.15) is 0 Å². The summed E-state index contributed by atoms with van der Waals surface area (Å²) >= 11 is 0. The van der Waals surface area contributed by atoms with Crippen molar-refractivity contribution in [3.63, 3.8) is 0 Å². The lowest BCUT2D eigenvalue weighted by atomic mass is 9.93. The predicted molar refractivity (Wildman–Crippen MR) is 102 cm³/mol. The normalized spacial score (nSPS) is 30.7. The van der Waals surface area contributed by atoms with Crippen LogP contribution in [0.4, 0.5) is 0 Å². The van der Waals surface area contributed by atoms with Crippen molar-refractivity contribution in [1.82, 2.24) is 20.4 Å². The van der Waals surface area contributed by atoms with Gasteiger partial charge in [0.2, 0.25) is 0 Å². The molecule has 3 rings (SSSR count). The molecule has 0 bridgehead atoms. The fourth-order valence-electron chi connectivity index (χ4n) is 4.45. The lowest BCUT2D eigenvalue weighted by Gasteiger charge is -2.31. The lowest BCUT2D eigenvalue weighted by Crippen LogP contribution is -2.45. The van der Waals surface area contributed by atoms with Crippen LogP contribution in [0.5, 0.6) is 0 Å². The standard InChI is InChI=1S/C19H37N5/c1-4-23-11-8-16(9-12-23)7-10-21-19(20-3)22-17-13-15(2)24(14-17)18-5-6-18/h15-18H,4-14H2,1-3H3,(H2,20,21,22). The molecule has 2 aliphatic heterocycles. The van der Waals surface area contributed by atoms with E-state index in [0.717, 1.165) is 30.5 Å². The molecule has 2 heterocycles. The van der Waals surface area contributed by atoms with E-state index in [2.05, 4.69) is 39.3 Å². The van der Waals surface area contributed by atoms with Gasteiger partial charge < -0.3 is 15.5 Å². The molecule has 0 spiro atoms. The number of rotatable bonds is 6. The number of nitrogens with one attached hydrogen (secondary N) is 2. The third kappa shape index (κ3) is 4.85. The van der Waals surface area contributed by atoms with Crippen molar-refractivity contribution in [3.05, 3.63) is 0 Å². The van der Waals surface area contributed by atoms with Crippen LogP contribution in [-0.2, 0) is 0 Å². The van der Waals surface area contributed by atoms with Crippen LogP contribution < -0.4 is 10.6 Å². The Morgan fingerprint density at radius 1 is 1.17 bits per heavy atom. The van der Waals surface area contributed by atoms with Crippen molar-refractivity contribution in [1.29, 1.82) is 0 Å². The zero-order valence-electron chi connectivity index (χ0n) is 15.9. The Balaban J connectivity index is 1.34. The van der Waals surface area contributed by atoms with Crippen molar-refractivity contribution in [2.24, 2.45) is 10.9 Å². The molecule has 3 aliphatic rings. The summed E-state index contributed by atoms with van der Waals surface area (Å²) in [6.45, 7) is 10.6. The van der Waals surface area contributed by atoms with Gasteiger partial charge in [0, 0.05) is 38.3 Å². The summed E-state index contributed by atoms with van der Waals surface area (Å²) < 4.78 is 0. The van der Waals surface area contributed by atoms with Crippen molar-refractivity contribution < 1.29 is 0 Å². The molecule has 0 aromatic rings. The Labute approximate surface area is 148 Å². The van der Waals surface area contributed by atoms with E-state index in [9.17, 15) is 0 Å². The molecule has 5 nitrogen and oxygen atoms in total. The van der Waals surface area contributed by atoms with Crippen LogP contribution in [0.2, 0.25) is 0 Å². The third-order valence-electron chi connectivity index (χ3n) is 6.20. The lowest BCUT2D eigenvalue weighted by molar-refractivity contribution is 0.187. The van der Waals surface area contributed by atoms with Crippen LogP contribution >= 0.6 is 0 Å². The number of piperidine rings is 1. The molecular formula is C19H37N5. The van der Waals surface area contributed by atoms with E-state index in [-0.39, 0.29) is 0 Å². The van der Waals surface area contributed by atoms with E-state index in [1.807, 2.05) is 7.05 Å². The number of nitrogens with zero attached hydrogens (tertiary/aromatic N) is 3. The molecule has 5 heteroatoms. The molecule has 138 valence electrons. The van der Waals surface area contributed by atoms with Gasteiger partial charge >= 0.3 is 0 Å². The van der Waals surface area contributed by atoms with E-state index < -0.39 is 0 Å². The van der Waals surface area contributed by atoms with Gasteiger partial charge in [0.05, 0.1) is 0 Å². The average Bonchev–Trinajstić information content (AvgIpc) is 3.38. The second-order valence-corrected chi connectivity index (χ2v) is 8.02. The number of hydrogen-bond acceptors (Lipinski definition) is 3. The maximum absolute atomic E-state index is 4.44. The van der Waals surface area contributed by atoms with Crippen LogP contribution in [0.25, 0.3) is 0 Å². The zero-order chi connectivity index (χ0) is 16.9. The summed E-state index contributed by atoms with van der Waals surface area (Å²) in [5, 5.41) is 7.20. The maximum atomic E-state index is 4.44. The molecule has 2 saturated heterocycles. The average molecular weight is 336 g/mol. The molecule has 0 radical (unpaired) electrons. The van der Waals surface area contributed by atoms with Crippen LogP contribution in [0.3, 0.4) is 0 Å². The number of aliphatic imine (C=N–C) groups is 1. The van der Waals surface area contributed by atoms with Crippen molar-refractivity contribution in [3.8, 4) is 0 Å². The quantitative estimate of drug-likeness (QED) is 0.575. The smallest absolute Gasteiger partial charge is 0.191 e. The summed E-state index contributed by atoms with van der Waals surface area (Å²) in [5.74, 6) is 1.88. The largest absolute Gasteiger partial charge is 0.356 e. The van der Waals surface area contributed by atoms with Gasteiger partial charge in [-0.3, -0.25) is 9.89 Å². The molecule has 1 aliphatic carbocycles. The summed E-state index contributed by atoms with van der Waals surface area (Å²) in [5.41, 5.74) is 0. The number of hydrogen-bond donors (Lipinski definition) is 2. The first-order valence-corrected chi connectivity index (χ1v) is 10.1. The van der Waals surface area contributed by atoms with Gasteiger partial charge in [-0.05, 0) is 71.0 Å². The molecule has 2 unspecified atom stereocenters. The highest BCUT2D eigenvalue weighted by Crippen LogP contribution is 2.33. The van der Waals surface area contributed by atoms with Crippen LogP contribution in [0.1, 0.15) is 52.4 Å². The SMILES string of the molecule is CCN1CCC(CCNC(=NC)NC2CC(C)N(C3CC3)C2)CC1. The third-order valence-corrected chi connectivity index (χ3v) is 6.20. The van der Waals surface area contributed by atoms with Crippen molar-refractivity contribution in [2.45, 2.75) is 70.5 Å². The van der Waals surface area contributed by atoms with E-state index in [0.29, 0.717) is 6.04 Å². The fraction of sp³-hybridized carbons (Fsp3) is 0.947. The maximum Gasteiger partial charge on any atom is 0.191 e. The first kappa shape index (κ1) is 18.0. The highest BCUT2D eigenvalue weighted by atomic mass is 15.3. The van der Waals surface area contributed by atoms with Gasteiger partial charge in [-0.15, -0.1) is 0 Å². The Morgan fingerprint density at radius 2 is 1.92 bits per heavy atom. The summed E-state index contributed by atoms with van der Waals surface area (Å²) in [7, 11) is 1.89. The Hall–Kier alpha value is -0.810. The van der Waals surface area contributed by atoms with Gasteiger partial charge in [-0.1, -0.05) is 6.92 Å². The monoisotopic (exact) mass is 335 g/mol. The predicted octanol–water partition coefficient (Wildman–Crippen LogP) is 1.90. The molecule has 3 fully saturated rings. The summed E-state index contributed by atoms with van der Waals surface area (Å²) in [6.07, 6.45) is 8.04. The molecule has 0 aromatic carbocycles. The molecule has 2 N–H and O–H groups in total. The van der Waals surface area contributed by atoms with E-state index >= 15 is 0 Å². The van der Waals surface area contributed by atoms with Crippen LogP contribution in [-0.4, -0.2) is 73.7 Å². The molecule has 24 heavy (non-hydrogen) atoms. The van der Waals surface area contributed by atoms with Gasteiger partial charge in [0.15, 0.2) is 5.96 Å². The van der Waals surface area contributed by atoms with Crippen LogP contribution in [0.15, 0.2) is 4.99 Å². The van der Waals surface area contributed by atoms with E-state index in [1.54, 1.807) is 0 Å². The minimum Gasteiger partial charge on any atom is -0.356 e. The van der Waals surface area contributed by atoms with Crippen molar-refractivity contribution >= 4 is 5.96 Å². The molecular weight excluding hydrogens is 298 g/mol. The van der Waals surface area contributed by atoms with E-state index in [1.165, 1.54) is 64.7 Å². The first-order chi connectivity index (χ1) is 11.7. The molecule has 0 aromatic heterocycles. The molecule has 1 saturated carbocycles. The minimum atomic E-state index is 0.555. The second kappa shape index (κ2) is 8.52. The van der Waals surface area contributed by atoms with Crippen LogP contribution in [0, 0.1) is 5.92 Å². The second-order valence-electron chi connectivity index (χ2n) is 8.02. The van der Waals surface area contributed by atoms with Crippen molar-refractivity contribution in [2.75, 3.05) is 39.8 Å². The fourth-order valence-corrected chi connectivity index (χ4v) is 4.45. The zero-order valence-corrected chi connectivity index (χ0v) is 15.9. The molecule has 2 atom stereocenters. The van der Waals surface area contributed by atoms with E-state index in [4.69, 9.17) is 0 Å². The highest BCUT2D eigenvalue weighted by molar-refractivity contribution is 5.80. The number of guanidine groups is 1. The van der Waals surface area contributed by atoms with Gasteiger partial charge in [0.1, 0.15) is 0 Å². The Kier molecular flexibility index (Phi) is 6.39. The highest BCUT2D eigenvalue weighted by Gasteiger charge is 2.38. The van der Waals surface area contributed by atoms with Gasteiger partial charge in [0.25, 0.3) is 0 Å². The Bertz CT molecular complexity index is 412. The first-order valence-electron chi connectivity index (χ1n) is 10.1. The summed E-state index contributed by atoms with van der Waals surface area (Å²) in [4.78, 5) is 9.69. The molecule has 0 amide bonds. The Morgan fingerprint density at radius 3 is 2.54 bits per heavy atom.